The highest BCUT2D eigenvalue weighted by Gasteiger charge is 2.33. The Morgan fingerprint density at radius 2 is 2.06 bits per heavy atom. The van der Waals surface area contributed by atoms with Crippen LogP contribution >= 0.6 is 11.6 Å². The van der Waals surface area contributed by atoms with E-state index in [-0.39, 0.29) is 5.56 Å². The van der Waals surface area contributed by atoms with Crippen molar-refractivity contribution in [1.82, 2.24) is 0 Å². The van der Waals surface area contributed by atoms with Gasteiger partial charge in [0.1, 0.15) is 0 Å². The fraction of sp³-hybridized carbons (Fsp3) is 0.200. The van der Waals surface area contributed by atoms with Gasteiger partial charge in [-0.1, -0.05) is 11.6 Å². The number of hydrogen-bond acceptors (Lipinski definition) is 2. The Balaban J connectivity index is 3.19. The third-order valence-corrected chi connectivity index (χ3v) is 2.16. The Kier molecular flexibility index (Phi) is 3.55. The number of carbonyl (C=O) groups is 1. The van der Waals surface area contributed by atoms with E-state index in [1.807, 2.05) is 0 Å². The van der Waals surface area contributed by atoms with E-state index in [9.17, 15) is 18.0 Å². The topological polar surface area (TPSA) is 40.9 Å². The van der Waals surface area contributed by atoms with E-state index in [4.69, 9.17) is 16.9 Å². The van der Waals surface area contributed by atoms with Crippen LogP contribution in [0.1, 0.15) is 22.3 Å². The molecule has 0 radical (unpaired) electrons. The van der Waals surface area contributed by atoms with Crippen LogP contribution in [0.4, 0.5) is 13.2 Å². The molecule has 0 aliphatic rings. The van der Waals surface area contributed by atoms with Crippen LogP contribution in [0.25, 0.3) is 0 Å². The molecular weight excluding hydrogens is 243 g/mol. The van der Waals surface area contributed by atoms with E-state index in [0.717, 1.165) is 12.1 Å². The second-order valence-corrected chi connectivity index (χ2v) is 3.36. The molecule has 1 aromatic carbocycles. The SMILES string of the molecule is N#CCC(=O)c1ccc(Cl)c(C(F)(F)F)c1. The Hall–Kier alpha value is -1.54. The van der Waals surface area contributed by atoms with E-state index in [1.54, 1.807) is 6.07 Å². The first-order valence-corrected chi connectivity index (χ1v) is 4.51. The lowest BCUT2D eigenvalue weighted by molar-refractivity contribution is -0.137. The van der Waals surface area contributed by atoms with Crippen molar-refractivity contribution in [3.8, 4) is 6.07 Å². The van der Waals surface area contributed by atoms with Gasteiger partial charge >= 0.3 is 6.18 Å². The van der Waals surface area contributed by atoms with Gasteiger partial charge in [-0.3, -0.25) is 4.79 Å². The lowest BCUT2D eigenvalue weighted by atomic mass is 10.1. The molecule has 0 saturated carbocycles. The molecule has 0 bridgehead atoms. The quantitative estimate of drug-likeness (QED) is 0.751. The number of rotatable bonds is 2. The second kappa shape index (κ2) is 4.54. The van der Waals surface area contributed by atoms with Crippen molar-refractivity contribution in [2.24, 2.45) is 0 Å². The molecule has 0 saturated heterocycles. The number of hydrogen-bond donors (Lipinski definition) is 0. The third-order valence-electron chi connectivity index (χ3n) is 1.83. The van der Waals surface area contributed by atoms with Gasteiger partial charge in [-0.25, -0.2) is 0 Å². The highest BCUT2D eigenvalue weighted by molar-refractivity contribution is 6.31. The molecule has 84 valence electrons. The summed E-state index contributed by atoms with van der Waals surface area (Å²) in [7, 11) is 0. The number of Topliss-reactive ketones (excluding diaryl/α,β-unsaturated/α-hetero) is 1. The molecule has 1 rings (SSSR count). The van der Waals surface area contributed by atoms with Crippen molar-refractivity contribution in [1.29, 1.82) is 5.26 Å². The van der Waals surface area contributed by atoms with Crippen LogP contribution in [0.3, 0.4) is 0 Å². The maximum Gasteiger partial charge on any atom is 0.417 e. The van der Waals surface area contributed by atoms with Crippen LogP contribution in [0.5, 0.6) is 0 Å². The zero-order valence-corrected chi connectivity index (χ0v) is 8.56. The molecule has 0 amide bonds. The van der Waals surface area contributed by atoms with Crippen molar-refractivity contribution < 1.29 is 18.0 Å². The zero-order chi connectivity index (χ0) is 12.3. The van der Waals surface area contributed by atoms with Gasteiger partial charge in [0.05, 0.1) is 23.1 Å². The van der Waals surface area contributed by atoms with E-state index < -0.39 is 29.0 Å². The van der Waals surface area contributed by atoms with Gasteiger partial charge in [0, 0.05) is 5.56 Å². The number of carbonyl (C=O) groups excluding carboxylic acids is 1. The smallest absolute Gasteiger partial charge is 0.293 e. The predicted molar refractivity (Wildman–Crippen MR) is 51.0 cm³/mol. The number of ketones is 1. The molecule has 2 nitrogen and oxygen atoms in total. The minimum absolute atomic E-state index is 0.168. The Bertz CT molecular complexity index is 462. The third kappa shape index (κ3) is 2.74. The number of halogens is 4. The average molecular weight is 248 g/mol. The van der Waals surface area contributed by atoms with Crippen molar-refractivity contribution in [3.05, 3.63) is 34.3 Å². The lowest BCUT2D eigenvalue weighted by Gasteiger charge is -2.09. The molecule has 6 heteroatoms. The van der Waals surface area contributed by atoms with Crippen molar-refractivity contribution in [3.63, 3.8) is 0 Å². The normalized spacial score (nSPS) is 10.9. The summed E-state index contributed by atoms with van der Waals surface area (Å²) in [4.78, 5) is 11.2. The minimum atomic E-state index is -4.61. The van der Waals surface area contributed by atoms with Crippen LogP contribution in [0, 0.1) is 11.3 Å². The van der Waals surface area contributed by atoms with Gasteiger partial charge in [0.2, 0.25) is 0 Å². The maximum atomic E-state index is 12.4. The largest absolute Gasteiger partial charge is 0.417 e. The predicted octanol–water partition coefficient (Wildman–Crippen LogP) is 3.46. The molecule has 0 aliphatic carbocycles. The summed E-state index contributed by atoms with van der Waals surface area (Å²) in [6, 6.07) is 4.39. The Morgan fingerprint density at radius 3 is 2.56 bits per heavy atom. The van der Waals surface area contributed by atoms with Gasteiger partial charge in [-0.2, -0.15) is 18.4 Å². The summed E-state index contributed by atoms with van der Waals surface area (Å²) in [6.45, 7) is 0. The summed E-state index contributed by atoms with van der Waals surface area (Å²) in [6.07, 6.45) is -5.07. The molecule has 0 heterocycles. The summed E-state index contributed by atoms with van der Waals surface area (Å²) in [5.41, 5.74) is -1.24. The number of nitriles is 1. The first kappa shape index (κ1) is 12.5. The molecule has 0 spiro atoms. The van der Waals surface area contributed by atoms with Gasteiger partial charge in [0.15, 0.2) is 5.78 Å². The average Bonchev–Trinajstić information content (AvgIpc) is 2.16. The Morgan fingerprint density at radius 1 is 1.44 bits per heavy atom. The number of alkyl halides is 3. The van der Waals surface area contributed by atoms with Crippen LogP contribution in [-0.2, 0) is 6.18 Å². The van der Waals surface area contributed by atoms with Gasteiger partial charge in [-0.05, 0) is 18.2 Å². The molecule has 0 unspecified atom stereocenters. The molecule has 1 aromatic rings. The van der Waals surface area contributed by atoms with Gasteiger partial charge < -0.3 is 0 Å². The first-order valence-electron chi connectivity index (χ1n) is 4.13. The van der Waals surface area contributed by atoms with Crippen LogP contribution in [0.15, 0.2) is 18.2 Å². The Labute approximate surface area is 94.2 Å². The van der Waals surface area contributed by atoms with E-state index >= 15 is 0 Å². The van der Waals surface area contributed by atoms with E-state index in [1.165, 1.54) is 0 Å². The molecule has 0 atom stereocenters. The summed E-state index contributed by atoms with van der Waals surface area (Å²) >= 11 is 5.37. The molecule has 0 N–H and O–H groups in total. The highest BCUT2D eigenvalue weighted by Crippen LogP contribution is 2.35. The summed E-state index contributed by atoms with van der Waals surface area (Å²) in [5.74, 6) is -0.662. The molecule has 0 fully saturated rings. The van der Waals surface area contributed by atoms with E-state index in [2.05, 4.69) is 0 Å². The first-order chi connectivity index (χ1) is 7.36. The summed E-state index contributed by atoms with van der Waals surface area (Å²) < 4.78 is 37.3. The van der Waals surface area contributed by atoms with E-state index in [0.29, 0.717) is 6.07 Å². The monoisotopic (exact) mass is 247 g/mol. The molecule has 0 aliphatic heterocycles. The summed E-state index contributed by atoms with van der Waals surface area (Å²) in [5, 5.41) is 7.79. The fourth-order valence-corrected chi connectivity index (χ4v) is 1.31. The van der Waals surface area contributed by atoms with Gasteiger partial charge in [0.25, 0.3) is 0 Å². The van der Waals surface area contributed by atoms with Crippen molar-refractivity contribution >= 4 is 17.4 Å². The highest BCUT2D eigenvalue weighted by atomic mass is 35.5. The molecule has 16 heavy (non-hydrogen) atoms. The van der Waals surface area contributed by atoms with Crippen molar-refractivity contribution in [2.75, 3.05) is 0 Å². The van der Waals surface area contributed by atoms with Gasteiger partial charge in [-0.15, -0.1) is 0 Å². The van der Waals surface area contributed by atoms with Crippen LogP contribution < -0.4 is 0 Å². The number of nitrogens with zero attached hydrogens (tertiary/aromatic N) is 1. The fourth-order valence-electron chi connectivity index (χ4n) is 1.09. The van der Waals surface area contributed by atoms with Crippen molar-refractivity contribution in [2.45, 2.75) is 12.6 Å². The van der Waals surface area contributed by atoms with Crippen LogP contribution in [-0.4, -0.2) is 5.78 Å². The number of benzene rings is 1. The second-order valence-electron chi connectivity index (χ2n) is 2.95. The molecular formula is C10H5ClF3NO. The maximum absolute atomic E-state index is 12.4. The standard InChI is InChI=1S/C10H5ClF3NO/c11-8-2-1-6(9(16)3-4-15)5-7(8)10(12,13)14/h1-2,5H,3H2. The molecule has 0 aromatic heterocycles. The minimum Gasteiger partial charge on any atom is -0.293 e. The van der Waals surface area contributed by atoms with Crippen LogP contribution in [0.2, 0.25) is 5.02 Å². The lowest BCUT2D eigenvalue weighted by Crippen LogP contribution is -2.08. The zero-order valence-electron chi connectivity index (χ0n) is 7.81.